The summed E-state index contributed by atoms with van der Waals surface area (Å²) in [5.41, 5.74) is 4.24. The number of aromatic nitrogens is 1. The summed E-state index contributed by atoms with van der Waals surface area (Å²) in [5.74, 6) is 0.312. The Morgan fingerprint density at radius 1 is 1.17 bits per heavy atom. The van der Waals surface area contributed by atoms with Crippen LogP contribution in [0.5, 0.6) is 0 Å². The van der Waals surface area contributed by atoms with Gasteiger partial charge in [0, 0.05) is 24.0 Å². The Morgan fingerprint density at radius 2 is 2.04 bits per heavy atom. The summed E-state index contributed by atoms with van der Waals surface area (Å²) < 4.78 is 2.10. The standard InChI is InChI=1S/C20H24N2O/c1-2-20-10-5-12-21-13-9-15-14-6-3-4-7-16(14)22(17(23)8-11-20)18(15)19(20)21/h3-4,6-7,19H,2,5,8-13H2,1H3/t19-,20-/m0/s1. The summed E-state index contributed by atoms with van der Waals surface area (Å²) in [7, 11) is 0. The highest BCUT2D eigenvalue weighted by atomic mass is 16.2. The van der Waals surface area contributed by atoms with E-state index in [9.17, 15) is 4.79 Å². The van der Waals surface area contributed by atoms with Gasteiger partial charge in [-0.3, -0.25) is 14.3 Å². The third kappa shape index (κ3) is 1.66. The molecular weight excluding hydrogens is 284 g/mol. The lowest BCUT2D eigenvalue weighted by atomic mass is 9.66. The molecule has 23 heavy (non-hydrogen) atoms. The van der Waals surface area contributed by atoms with Crippen LogP contribution in [-0.2, 0) is 6.42 Å². The van der Waals surface area contributed by atoms with Crippen LogP contribution in [0.25, 0.3) is 10.9 Å². The van der Waals surface area contributed by atoms with E-state index in [0.29, 0.717) is 23.8 Å². The van der Waals surface area contributed by atoms with Gasteiger partial charge in [0.1, 0.15) is 0 Å². The van der Waals surface area contributed by atoms with Crippen molar-refractivity contribution >= 4 is 16.8 Å². The van der Waals surface area contributed by atoms with Gasteiger partial charge in [0.2, 0.25) is 5.91 Å². The maximum absolute atomic E-state index is 13.0. The summed E-state index contributed by atoms with van der Waals surface area (Å²) >= 11 is 0. The average molecular weight is 308 g/mol. The molecule has 0 radical (unpaired) electrons. The fourth-order valence-electron chi connectivity index (χ4n) is 5.67. The lowest BCUT2D eigenvalue weighted by Gasteiger charge is -2.51. The van der Waals surface area contributed by atoms with E-state index < -0.39 is 0 Å². The number of piperidine rings is 1. The van der Waals surface area contributed by atoms with Crippen LogP contribution in [-0.4, -0.2) is 28.5 Å². The summed E-state index contributed by atoms with van der Waals surface area (Å²) in [5, 5.41) is 1.31. The van der Waals surface area contributed by atoms with Crippen LogP contribution in [0.1, 0.15) is 61.1 Å². The summed E-state index contributed by atoms with van der Waals surface area (Å²) in [6.45, 7) is 4.68. The predicted octanol–water partition coefficient (Wildman–Crippen LogP) is 4.16. The average Bonchev–Trinajstić information content (AvgIpc) is 2.87. The van der Waals surface area contributed by atoms with Crippen molar-refractivity contribution in [1.82, 2.24) is 9.47 Å². The minimum Gasteiger partial charge on any atom is -0.294 e. The van der Waals surface area contributed by atoms with Gasteiger partial charge in [-0.15, -0.1) is 0 Å². The molecule has 0 N–H and O–H groups in total. The molecule has 0 aliphatic carbocycles. The number of carbonyl (C=O) groups is 1. The van der Waals surface area contributed by atoms with E-state index in [1.54, 1.807) is 0 Å². The molecule has 1 saturated heterocycles. The van der Waals surface area contributed by atoms with Crippen molar-refractivity contribution in [2.45, 2.75) is 51.5 Å². The molecule has 4 heterocycles. The minimum atomic E-state index is 0.297. The topological polar surface area (TPSA) is 25.2 Å². The number of rotatable bonds is 1. The van der Waals surface area contributed by atoms with Gasteiger partial charge >= 0.3 is 0 Å². The summed E-state index contributed by atoms with van der Waals surface area (Å²) in [6.07, 6.45) is 6.59. The van der Waals surface area contributed by atoms with E-state index in [-0.39, 0.29) is 0 Å². The first-order valence-corrected chi connectivity index (χ1v) is 9.15. The maximum Gasteiger partial charge on any atom is 0.231 e. The van der Waals surface area contributed by atoms with E-state index in [2.05, 4.69) is 40.7 Å². The first-order valence-electron chi connectivity index (χ1n) is 9.15. The van der Waals surface area contributed by atoms with Crippen molar-refractivity contribution in [3.63, 3.8) is 0 Å². The quantitative estimate of drug-likeness (QED) is 0.790. The largest absolute Gasteiger partial charge is 0.294 e. The molecule has 1 aromatic carbocycles. The predicted molar refractivity (Wildman–Crippen MR) is 91.8 cm³/mol. The third-order valence-corrected chi connectivity index (χ3v) is 6.78. The van der Waals surface area contributed by atoms with E-state index in [4.69, 9.17) is 0 Å². The highest BCUT2D eigenvalue weighted by molar-refractivity contribution is 5.97. The van der Waals surface area contributed by atoms with Crippen molar-refractivity contribution in [3.05, 3.63) is 35.5 Å². The summed E-state index contributed by atoms with van der Waals surface area (Å²) in [6, 6.07) is 8.98. The Balaban J connectivity index is 1.87. The normalized spacial score (nSPS) is 30.3. The molecule has 3 aliphatic rings. The van der Waals surface area contributed by atoms with Gasteiger partial charge in [0.15, 0.2) is 0 Å². The molecule has 0 amide bonds. The van der Waals surface area contributed by atoms with Crippen LogP contribution in [0, 0.1) is 5.41 Å². The van der Waals surface area contributed by atoms with Crippen LogP contribution in [0.15, 0.2) is 24.3 Å². The number of carbonyl (C=O) groups excluding carboxylic acids is 1. The van der Waals surface area contributed by atoms with Crippen molar-refractivity contribution in [1.29, 1.82) is 0 Å². The molecule has 120 valence electrons. The van der Waals surface area contributed by atoms with Gasteiger partial charge in [-0.25, -0.2) is 0 Å². The lowest BCUT2D eigenvalue weighted by Crippen LogP contribution is -2.49. The second kappa shape index (κ2) is 4.70. The lowest BCUT2D eigenvalue weighted by molar-refractivity contribution is -0.00451. The van der Waals surface area contributed by atoms with Gasteiger partial charge in [-0.2, -0.15) is 0 Å². The van der Waals surface area contributed by atoms with Gasteiger partial charge in [0.05, 0.1) is 11.6 Å². The molecule has 0 spiro atoms. The van der Waals surface area contributed by atoms with Crippen molar-refractivity contribution in [2.75, 3.05) is 13.1 Å². The zero-order valence-electron chi connectivity index (χ0n) is 13.8. The second-order valence-electron chi connectivity index (χ2n) is 7.62. The Hall–Kier alpha value is -1.61. The molecule has 0 bridgehead atoms. The molecule has 0 unspecified atom stereocenters. The van der Waals surface area contributed by atoms with Gasteiger partial charge in [-0.05, 0) is 55.7 Å². The number of hydrogen-bond donors (Lipinski definition) is 0. The first-order chi connectivity index (χ1) is 11.2. The zero-order valence-corrected chi connectivity index (χ0v) is 13.8. The second-order valence-corrected chi connectivity index (χ2v) is 7.62. The molecule has 2 aromatic rings. The van der Waals surface area contributed by atoms with Crippen molar-refractivity contribution in [3.8, 4) is 0 Å². The van der Waals surface area contributed by atoms with Gasteiger partial charge in [0.25, 0.3) is 0 Å². The molecule has 0 saturated carbocycles. The molecule has 1 aromatic heterocycles. The molecule has 5 rings (SSSR count). The summed E-state index contributed by atoms with van der Waals surface area (Å²) in [4.78, 5) is 15.7. The smallest absolute Gasteiger partial charge is 0.231 e. The number of hydrogen-bond acceptors (Lipinski definition) is 2. The van der Waals surface area contributed by atoms with E-state index in [1.165, 1.54) is 42.5 Å². The zero-order chi connectivity index (χ0) is 15.6. The number of para-hydroxylation sites is 1. The fraction of sp³-hybridized carbons (Fsp3) is 0.550. The van der Waals surface area contributed by atoms with Crippen molar-refractivity contribution in [2.24, 2.45) is 5.41 Å². The van der Waals surface area contributed by atoms with Crippen LogP contribution in [0.2, 0.25) is 0 Å². The van der Waals surface area contributed by atoms with Crippen LogP contribution in [0.3, 0.4) is 0 Å². The van der Waals surface area contributed by atoms with E-state index >= 15 is 0 Å². The SMILES string of the molecule is CC[C@]12CCCN3CCc4c(n(c5ccccc45)C(=O)CC1)[C@H]32. The Morgan fingerprint density at radius 3 is 2.91 bits per heavy atom. The molecule has 2 atom stereocenters. The maximum atomic E-state index is 13.0. The minimum absolute atomic E-state index is 0.297. The molecule has 3 heteroatoms. The van der Waals surface area contributed by atoms with E-state index in [0.717, 1.165) is 24.9 Å². The molecule has 1 fully saturated rings. The number of fused-ring (bicyclic) bond motifs is 3. The first kappa shape index (κ1) is 13.8. The van der Waals surface area contributed by atoms with Crippen LogP contribution in [0.4, 0.5) is 0 Å². The molecule has 3 nitrogen and oxygen atoms in total. The Bertz CT molecular complexity index is 805. The van der Waals surface area contributed by atoms with Crippen LogP contribution >= 0.6 is 0 Å². The Kier molecular flexibility index (Phi) is 2.82. The van der Waals surface area contributed by atoms with Gasteiger partial charge < -0.3 is 0 Å². The number of nitrogens with zero attached hydrogens (tertiary/aromatic N) is 2. The van der Waals surface area contributed by atoms with Crippen LogP contribution < -0.4 is 0 Å². The Labute approximate surface area is 137 Å². The molecule has 3 aliphatic heterocycles. The fourth-order valence-corrected chi connectivity index (χ4v) is 5.67. The van der Waals surface area contributed by atoms with Crippen molar-refractivity contribution < 1.29 is 4.79 Å². The number of benzene rings is 1. The monoisotopic (exact) mass is 308 g/mol. The highest BCUT2D eigenvalue weighted by Gasteiger charge is 2.50. The molecular formula is C20H24N2O. The van der Waals surface area contributed by atoms with Gasteiger partial charge in [-0.1, -0.05) is 25.1 Å². The van der Waals surface area contributed by atoms with E-state index in [1.807, 2.05) is 0 Å². The third-order valence-electron chi connectivity index (χ3n) is 6.78. The highest BCUT2D eigenvalue weighted by Crippen LogP contribution is 2.56.